The summed E-state index contributed by atoms with van der Waals surface area (Å²) in [6.45, 7) is 0. The minimum atomic E-state index is 0.331. The normalized spacial score (nSPS) is 37.4. The second-order valence-corrected chi connectivity index (χ2v) is 15.5. The fourth-order valence-corrected chi connectivity index (χ4v) is 11.9. The highest BCUT2D eigenvalue weighted by molar-refractivity contribution is 9.10. The Balaban J connectivity index is 0.000000135. The minimum Gasteiger partial charge on any atom is -0.493 e. The van der Waals surface area contributed by atoms with Gasteiger partial charge in [-0.05, 0) is 142 Å². The number of halogens is 1. The van der Waals surface area contributed by atoms with Crippen LogP contribution in [0.3, 0.4) is 0 Å². The molecule has 0 saturated heterocycles. The van der Waals surface area contributed by atoms with Crippen molar-refractivity contribution in [1.82, 2.24) is 0 Å². The molecule has 0 spiro atoms. The molecule has 5 heteroatoms. The molecule has 0 unspecified atom stereocenters. The molecule has 8 bridgehead atoms. The fourth-order valence-electron chi connectivity index (χ4n) is 11.5. The zero-order chi connectivity index (χ0) is 28.4. The summed E-state index contributed by atoms with van der Waals surface area (Å²) in [5.74, 6) is 9.37. The van der Waals surface area contributed by atoms with Crippen molar-refractivity contribution in [2.24, 2.45) is 35.5 Å². The number of rotatable bonds is 6. The number of hydrogen-bond acceptors (Lipinski definition) is 4. The molecule has 8 fully saturated rings. The van der Waals surface area contributed by atoms with Gasteiger partial charge in [-0.25, -0.2) is 0 Å². The van der Waals surface area contributed by atoms with E-state index in [1.807, 2.05) is 12.1 Å². The van der Waals surface area contributed by atoms with Gasteiger partial charge in [-0.1, -0.05) is 28.1 Å². The van der Waals surface area contributed by atoms with Gasteiger partial charge >= 0.3 is 0 Å². The summed E-state index contributed by atoms with van der Waals surface area (Å²) in [6.07, 6.45) is 16.9. The van der Waals surface area contributed by atoms with Gasteiger partial charge in [-0.2, -0.15) is 0 Å². The molecule has 2 aromatic rings. The summed E-state index contributed by atoms with van der Waals surface area (Å²) in [5.41, 5.74) is 3.50. The highest BCUT2D eigenvalue weighted by Crippen LogP contribution is 2.64. The SMILES string of the molecule is COc1cc(Br)cc(C23CC4CC(CC(C4)C2)C3)c1OC.COc1cccc(C23CC4CC(CC(C4)C2)C3)c1OC. The van der Waals surface area contributed by atoms with Gasteiger partial charge in [0, 0.05) is 15.6 Å². The van der Waals surface area contributed by atoms with Crippen LogP contribution in [0.2, 0.25) is 0 Å². The lowest BCUT2D eigenvalue weighted by molar-refractivity contribution is -0.00643. The Morgan fingerprint density at radius 2 is 0.951 bits per heavy atom. The van der Waals surface area contributed by atoms with E-state index in [9.17, 15) is 0 Å². The van der Waals surface area contributed by atoms with Crippen LogP contribution in [0.1, 0.15) is 88.2 Å². The summed E-state index contributed by atoms with van der Waals surface area (Å²) in [4.78, 5) is 0. The first-order valence-corrected chi connectivity index (χ1v) is 16.8. The first-order valence-electron chi connectivity index (χ1n) is 16.0. The van der Waals surface area contributed by atoms with Crippen molar-refractivity contribution < 1.29 is 18.9 Å². The lowest BCUT2D eigenvalue weighted by atomic mass is 9.48. The molecule has 0 aromatic heterocycles. The number of ether oxygens (including phenoxy) is 4. The predicted molar refractivity (Wildman–Crippen MR) is 166 cm³/mol. The van der Waals surface area contributed by atoms with Crippen molar-refractivity contribution in [2.75, 3.05) is 28.4 Å². The molecule has 8 aliphatic rings. The van der Waals surface area contributed by atoms with Gasteiger partial charge in [0.25, 0.3) is 0 Å². The average Bonchev–Trinajstić information content (AvgIpc) is 2.95. The summed E-state index contributed by atoms with van der Waals surface area (Å²) in [5, 5.41) is 0. The van der Waals surface area contributed by atoms with Crippen LogP contribution in [-0.2, 0) is 10.8 Å². The van der Waals surface area contributed by atoms with Gasteiger partial charge in [-0.3, -0.25) is 0 Å². The lowest BCUT2D eigenvalue weighted by Gasteiger charge is -2.57. The van der Waals surface area contributed by atoms with Crippen molar-refractivity contribution >= 4 is 15.9 Å². The molecule has 0 aliphatic heterocycles. The van der Waals surface area contributed by atoms with Crippen molar-refractivity contribution in [3.63, 3.8) is 0 Å². The van der Waals surface area contributed by atoms with E-state index in [-0.39, 0.29) is 0 Å². The average molecular weight is 624 g/mol. The molecule has 0 radical (unpaired) electrons. The molecule has 41 heavy (non-hydrogen) atoms. The van der Waals surface area contributed by atoms with Crippen molar-refractivity contribution in [2.45, 2.75) is 87.9 Å². The Bertz CT molecular complexity index is 1210. The van der Waals surface area contributed by atoms with Gasteiger partial charge in [0.1, 0.15) is 0 Å². The Morgan fingerprint density at radius 1 is 0.537 bits per heavy atom. The summed E-state index contributed by atoms with van der Waals surface area (Å²) in [7, 11) is 7.02. The number of hydrogen-bond donors (Lipinski definition) is 0. The van der Waals surface area contributed by atoms with Crippen molar-refractivity contribution in [3.8, 4) is 23.0 Å². The van der Waals surface area contributed by atoms with Crippen LogP contribution in [0.25, 0.3) is 0 Å². The molecular weight excluding hydrogens is 576 g/mol. The van der Waals surface area contributed by atoms with Crippen molar-refractivity contribution in [1.29, 1.82) is 0 Å². The first-order chi connectivity index (χ1) is 19.9. The molecule has 0 amide bonds. The second kappa shape index (κ2) is 10.7. The Morgan fingerprint density at radius 3 is 1.37 bits per heavy atom. The van der Waals surface area contributed by atoms with Gasteiger partial charge in [0.05, 0.1) is 28.4 Å². The van der Waals surface area contributed by atoms with Crippen LogP contribution in [0.5, 0.6) is 23.0 Å². The number of para-hydroxylation sites is 1. The van der Waals surface area contributed by atoms with E-state index in [4.69, 9.17) is 18.9 Å². The van der Waals surface area contributed by atoms with E-state index in [1.54, 1.807) is 28.4 Å². The molecule has 10 rings (SSSR count). The van der Waals surface area contributed by atoms with Crippen LogP contribution in [0.4, 0.5) is 0 Å². The minimum absolute atomic E-state index is 0.331. The summed E-state index contributed by atoms with van der Waals surface area (Å²) >= 11 is 3.66. The molecule has 222 valence electrons. The zero-order valence-electron chi connectivity index (χ0n) is 25.3. The Kier molecular flexibility index (Phi) is 7.28. The van der Waals surface area contributed by atoms with E-state index in [2.05, 4.69) is 34.1 Å². The van der Waals surface area contributed by atoms with Gasteiger partial charge in [0.15, 0.2) is 23.0 Å². The molecule has 2 aromatic carbocycles. The van der Waals surface area contributed by atoms with E-state index >= 15 is 0 Å². The van der Waals surface area contributed by atoms with E-state index in [1.165, 1.54) is 88.2 Å². The summed E-state index contributed by atoms with van der Waals surface area (Å²) in [6, 6.07) is 10.7. The van der Waals surface area contributed by atoms with E-state index in [0.717, 1.165) is 63.0 Å². The third-order valence-electron chi connectivity index (χ3n) is 12.1. The van der Waals surface area contributed by atoms with Crippen LogP contribution >= 0.6 is 15.9 Å². The number of methoxy groups -OCH3 is 4. The first kappa shape index (κ1) is 27.9. The maximum atomic E-state index is 5.77. The van der Waals surface area contributed by atoms with Gasteiger partial charge < -0.3 is 18.9 Å². The van der Waals surface area contributed by atoms with E-state index < -0.39 is 0 Å². The third-order valence-corrected chi connectivity index (χ3v) is 12.5. The highest BCUT2D eigenvalue weighted by atomic mass is 79.9. The Labute approximate surface area is 255 Å². The topological polar surface area (TPSA) is 36.9 Å². The molecule has 0 N–H and O–H groups in total. The quantitative estimate of drug-likeness (QED) is 0.322. The third kappa shape index (κ3) is 4.77. The maximum absolute atomic E-state index is 5.77. The maximum Gasteiger partial charge on any atom is 0.164 e. The largest absolute Gasteiger partial charge is 0.493 e. The Hall–Kier alpha value is -1.88. The van der Waals surface area contributed by atoms with E-state index in [0.29, 0.717) is 10.8 Å². The summed E-state index contributed by atoms with van der Waals surface area (Å²) < 4.78 is 23.7. The second-order valence-electron chi connectivity index (χ2n) is 14.6. The number of benzene rings is 2. The fraction of sp³-hybridized carbons (Fsp3) is 0.667. The standard InChI is InChI=1S/C18H23BrO2.C18H24O2/c1-20-16-7-14(19)6-15(17(16)21-2)18-8-11-3-12(9-18)5-13(4-11)10-18;1-19-16-5-3-4-15(17(16)20-2)18-9-12-6-13(10-18)8-14(7-12)11-18/h6-7,11-13H,3-5,8-10H2,1-2H3;3-5,12-14H,6-11H2,1-2H3. The molecule has 4 nitrogen and oxygen atoms in total. The van der Waals surface area contributed by atoms with Gasteiger partial charge in [-0.15, -0.1) is 0 Å². The zero-order valence-corrected chi connectivity index (χ0v) is 26.9. The van der Waals surface area contributed by atoms with Crippen LogP contribution in [0.15, 0.2) is 34.8 Å². The molecule has 0 heterocycles. The van der Waals surface area contributed by atoms with Crippen molar-refractivity contribution in [3.05, 3.63) is 45.9 Å². The smallest absolute Gasteiger partial charge is 0.164 e. The van der Waals surface area contributed by atoms with Crippen LogP contribution in [-0.4, -0.2) is 28.4 Å². The van der Waals surface area contributed by atoms with Crippen LogP contribution < -0.4 is 18.9 Å². The van der Waals surface area contributed by atoms with Crippen LogP contribution in [0, 0.1) is 35.5 Å². The monoisotopic (exact) mass is 622 g/mol. The van der Waals surface area contributed by atoms with Gasteiger partial charge in [0.2, 0.25) is 0 Å². The lowest BCUT2D eigenvalue weighted by Crippen LogP contribution is -2.48. The molecule has 8 aliphatic carbocycles. The molecule has 0 atom stereocenters. The highest BCUT2D eigenvalue weighted by Gasteiger charge is 2.54. The predicted octanol–water partition coefficient (Wildman–Crippen LogP) is 9.11. The molecule has 8 saturated carbocycles. The molecular formula is C36H47BrO4.